The largest absolute Gasteiger partial charge is 0.491 e. The number of aromatic amines is 1. The molecule has 1 amide bonds. The van der Waals surface area contributed by atoms with Crippen LogP contribution < -0.4 is 10.1 Å². The first-order chi connectivity index (χ1) is 21.2. The van der Waals surface area contributed by atoms with E-state index in [1.165, 1.54) is 11.3 Å². The normalized spacial score (nSPS) is 17.0. The fourth-order valence-electron chi connectivity index (χ4n) is 5.79. The van der Waals surface area contributed by atoms with Gasteiger partial charge in [0.1, 0.15) is 24.3 Å². The maximum absolute atomic E-state index is 12.6. The number of ether oxygens (including phenoxy) is 1. The number of nitrogens with one attached hydrogen (secondary N) is 2. The summed E-state index contributed by atoms with van der Waals surface area (Å²) in [5.41, 5.74) is 5.18. The molecular weight excluding hydrogens is 573 g/mol. The quantitative estimate of drug-likeness (QED) is 0.269. The van der Waals surface area contributed by atoms with Gasteiger partial charge in [0, 0.05) is 62.1 Å². The predicted molar refractivity (Wildman–Crippen MR) is 159 cm³/mol. The molecule has 10 nitrogen and oxygen atoms in total. The molecule has 2 N–H and O–H groups in total. The van der Waals surface area contributed by atoms with Crippen LogP contribution >= 0.6 is 0 Å². The summed E-state index contributed by atoms with van der Waals surface area (Å²) in [4.78, 5) is 37.1. The number of aromatic nitrogens is 5. The molecule has 0 radical (unpaired) electrons. The highest BCUT2D eigenvalue weighted by Gasteiger charge is 2.35. The number of imidazole rings is 1. The van der Waals surface area contributed by atoms with Gasteiger partial charge in [-0.05, 0) is 56.0 Å². The third-order valence-electron chi connectivity index (χ3n) is 8.50. The summed E-state index contributed by atoms with van der Waals surface area (Å²) >= 11 is 0. The van der Waals surface area contributed by atoms with Crippen LogP contribution in [0.25, 0.3) is 22.3 Å². The van der Waals surface area contributed by atoms with E-state index in [2.05, 4.69) is 37.1 Å². The van der Waals surface area contributed by atoms with Gasteiger partial charge in [0.2, 0.25) is 5.91 Å². The fourth-order valence-corrected chi connectivity index (χ4v) is 5.79. The number of methoxy groups -OCH3 is 1. The molecule has 2 aliphatic rings. The molecular formula is C31H35F3N8O2. The molecule has 1 atom stereocenters. The maximum atomic E-state index is 12.6. The second-order valence-electron chi connectivity index (χ2n) is 11.4. The molecule has 1 aromatic carbocycles. The highest BCUT2D eigenvalue weighted by Crippen LogP contribution is 2.36. The number of carbonyl (C=O) groups is 1. The first kappa shape index (κ1) is 29.8. The van der Waals surface area contributed by atoms with E-state index in [-0.39, 0.29) is 19.1 Å². The standard InChI is InChI=1S/C31H35F3N8O2/c1-19(41-10-12-42(13-11-41)27(43)17-31(32,33)34)20-8-9-35-23(14-20)16-26-39-24-7-6-21(15-25(24)40-26)28-29(44-2)30(37-18-36-28)38-22-4-3-5-22/h6-9,14-15,18-19,22H,3-5,10-13,16-17H2,1-2H3,(H,39,40)(H,36,37,38). The summed E-state index contributed by atoms with van der Waals surface area (Å²) in [6, 6.07) is 10.3. The van der Waals surface area contributed by atoms with Crippen molar-refractivity contribution < 1.29 is 22.7 Å². The Morgan fingerprint density at radius 1 is 1.11 bits per heavy atom. The highest BCUT2D eigenvalue weighted by atomic mass is 19.4. The number of hydrogen-bond acceptors (Lipinski definition) is 8. The minimum atomic E-state index is -4.49. The highest BCUT2D eigenvalue weighted by molar-refractivity contribution is 5.84. The lowest BCUT2D eigenvalue weighted by Gasteiger charge is -2.38. The van der Waals surface area contributed by atoms with Gasteiger partial charge < -0.3 is 19.9 Å². The molecule has 1 unspecified atom stereocenters. The van der Waals surface area contributed by atoms with Crippen LogP contribution in [0.15, 0.2) is 42.9 Å². The van der Waals surface area contributed by atoms with E-state index in [1.54, 1.807) is 19.6 Å². The summed E-state index contributed by atoms with van der Waals surface area (Å²) in [6.07, 6.45) is 1.37. The average Bonchev–Trinajstić information content (AvgIpc) is 3.39. The van der Waals surface area contributed by atoms with Gasteiger partial charge in [-0.3, -0.25) is 14.7 Å². The van der Waals surface area contributed by atoms with Crippen molar-refractivity contribution in [2.24, 2.45) is 0 Å². The number of halogens is 3. The molecule has 13 heteroatoms. The van der Waals surface area contributed by atoms with Crippen molar-refractivity contribution in [2.75, 3.05) is 38.6 Å². The van der Waals surface area contributed by atoms with Crippen molar-refractivity contribution in [2.45, 2.75) is 57.3 Å². The fraction of sp³-hybridized carbons (Fsp3) is 0.452. The summed E-state index contributed by atoms with van der Waals surface area (Å²) in [7, 11) is 1.63. The number of piperazine rings is 1. The Morgan fingerprint density at radius 3 is 2.61 bits per heavy atom. The molecule has 44 heavy (non-hydrogen) atoms. The van der Waals surface area contributed by atoms with Gasteiger partial charge >= 0.3 is 6.18 Å². The molecule has 1 saturated heterocycles. The van der Waals surface area contributed by atoms with Gasteiger partial charge in [-0.1, -0.05) is 6.07 Å². The van der Waals surface area contributed by atoms with E-state index in [1.807, 2.05) is 30.3 Å². The Labute approximate surface area is 253 Å². The summed E-state index contributed by atoms with van der Waals surface area (Å²) in [6.45, 7) is 3.62. The zero-order chi connectivity index (χ0) is 30.8. The molecule has 6 rings (SSSR count). The average molecular weight is 609 g/mol. The summed E-state index contributed by atoms with van der Waals surface area (Å²) < 4.78 is 43.6. The first-order valence-corrected chi connectivity index (χ1v) is 14.8. The van der Waals surface area contributed by atoms with E-state index < -0.39 is 18.5 Å². The van der Waals surface area contributed by atoms with Crippen LogP contribution in [0, 0.1) is 0 Å². The molecule has 1 aliphatic heterocycles. The van der Waals surface area contributed by atoms with E-state index in [4.69, 9.17) is 9.72 Å². The van der Waals surface area contributed by atoms with Crippen LogP contribution in [0.3, 0.4) is 0 Å². The van der Waals surface area contributed by atoms with Gasteiger partial charge in [-0.2, -0.15) is 13.2 Å². The van der Waals surface area contributed by atoms with Crippen LogP contribution in [-0.4, -0.2) is 86.1 Å². The Kier molecular flexibility index (Phi) is 8.39. The smallest absolute Gasteiger partial charge is 0.397 e. The van der Waals surface area contributed by atoms with Crippen molar-refractivity contribution in [3.8, 4) is 17.0 Å². The number of rotatable bonds is 9. The van der Waals surface area contributed by atoms with Crippen LogP contribution in [0.5, 0.6) is 5.75 Å². The molecule has 3 aromatic heterocycles. The summed E-state index contributed by atoms with van der Waals surface area (Å²) in [5, 5.41) is 3.46. The van der Waals surface area contributed by atoms with Crippen molar-refractivity contribution in [3.63, 3.8) is 0 Å². The number of amides is 1. The van der Waals surface area contributed by atoms with Crippen LogP contribution in [0.2, 0.25) is 0 Å². The number of hydrogen-bond donors (Lipinski definition) is 2. The lowest BCUT2D eigenvalue weighted by atomic mass is 9.93. The molecule has 4 heterocycles. The number of alkyl halides is 3. The molecule has 4 aromatic rings. The monoisotopic (exact) mass is 608 g/mol. The van der Waals surface area contributed by atoms with Crippen molar-refractivity contribution >= 4 is 22.8 Å². The minimum Gasteiger partial charge on any atom is -0.491 e. The van der Waals surface area contributed by atoms with E-state index in [0.717, 1.165) is 46.5 Å². The van der Waals surface area contributed by atoms with Gasteiger partial charge in [-0.25, -0.2) is 15.0 Å². The van der Waals surface area contributed by atoms with Crippen molar-refractivity contribution in [1.29, 1.82) is 0 Å². The second kappa shape index (κ2) is 12.4. The number of nitrogens with zero attached hydrogens (tertiary/aromatic N) is 6. The third kappa shape index (κ3) is 6.62. The van der Waals surface area contributed by atoms with Gasteiger partial charge in [-0.15, -0.1) is 0 Å². The van der Waals surface area contributed by atoms with E-state index >= 15 is 0 Å². The van der Waals surface area contributed by atoms with Crippen LogP contribution in [0.4, 0.5) is 19.0 Å². The minimum absolute atomic E-state index is 0.0152. The molecule has 0 spiro atoms. The van der Waals surface area contributed by atoms with Gasteiger partial charge in [0.05, 0.1) is 18.1 Å². The second-order valence-corrected chi connectivity index (χ2v) is 11.4. The SMILES string of the molecule is COc1c(NC2CCC2)ncnc1-c1ccc2nc(Cc3cc(C(C)N4CCN(C(=O)CC(F)(F)F)CC4)ccn3)[nH]c2c1. The zero-order valence-corrected chi connectivity index (χ0v) is 24.7. The Morgan fingerprint density at radius 2 is 1.91 bits per heavy atom. The predicted octanol–water partition coefficient (Wildman–Crippen LogP) is 5.14. The van der Waals surface area contributed by atoms with Crippen LogP contribution in [0.1, 0.15) is 55.7 Å². The summed E-state index contributed by atoms with van der Waals surface area (Å²) in [5.74, 6) is 1.22. The van der Waals surface area contributed by atoms with E-state index in [0.29, 0.717) is 42.8 Å². The third-order valence-corrected chi connectivity index (χ3v) is 8.50. The Bertz CT molecular complexity index is 1630. The Hall–Kier alpha value is -4.26. The lowest BCUT2D eigenvalue weighted by Crippen LogP contribution is -2.50. The number of anilines is 1. The molecule has 1 aliphatic carbocycles. The van der Waals surface area contributed by atoms with Gasteiger partial charge in [0.15, 0.2) is 11.6 Å². The number of pyridine rings is 1. The zero-order valence-electron chi connectivity index (χ0n) is 24.7. The topological polar surface area (TPSA) is 112 Å². The van der Waals surface area contributed by atoms with Crippen molar-refractivity contribution in [1.82, 2.24) is 34.7 Å². The lowest BCUT2D eigenvalue weighted by molar-refractivity contribution is -0.162. The van der Waals surface area contributed by atoms with E-state index in [9.17, 15) is 18.0 Å². The number of H-pyrrole nitrogens is 1. The molecule has 1 saturated carbocycles. The number of benzene rings is 1. The van der Waals surface area contributed by atoms with Crippen molar-refractivity contribution in [3.05, 3.63) is 59.9 Å². The molecule has 0 bridgehead atoms. The molecule has 2 fully saturated rings. The van der Waals surface area contributed by atoms with Gasteiger partial charge in [0.25, 0.3) is 0 Å². The maximum Gasteiger partial charge on any atom is 0.397 e. The number of carbonyl (C=O) groups excluding carboxylic acids is 1. The van der Waals surface area contributed by atoms with Crippen LogP contribution in [-0.2, 0) is 11.2 Å². The number of fused-ring (bicyclic) bond motifs is 1. The Balaban J connectivity index is 1.13. The first-order valence-electron chi connectivity index (χ1n) is 14.8. The molecule has 232 valence electrons.